The highest BCUT2D eigenvalue weighted by Gasteiger charge is 2.23. The van der Waals surface area contributed by atoms with Crippen LogP contribution in [0, 0.1) is 5.92 Å². The Morgan fingerprint density at radius 1 is 1.53 bits per heavy atom. The second-order valence-corrected chi connectivity index (χ2v) is 4.37. The molecule has 1 aliphatic carbocycles. The first-order valence-electron chi connectivity index (χ1n) is 5.86. The summed E-state index contributed by atoms with van der Waals surface area (Å²) in [6.07, 6.45) is 4.51. The number of carbonyl (C=O) groups is 1. The van der Waals surface area contributed by atoms with Crippen LogP contribution in [0.5, 0.6) is 0 Å². The summed E-state index contributed by atoms with van der Waals surface area (Å²) in [5, 5.41) is 12.5. The van der Waals surface area contributed by atoms with Crippen molar-refractivity contribution < 1.29 is 9.90 Å². The molecule has 0 bridgehead atoms. The molecule has 1 amide bonds. The molecule has 4 nitrogen and oxygen atoms in total. The van der Waals surface area contributed by atoms with E-state index in [0.29, 0.717) is 13.0 Å². The van der Waals surface area contributed by atoms with Gasteiger partial charge in [-0.25, -0.2) is 0 Å². The minimum atomic E-state index is -0.411. The van der Waals surface area contributed by atoms with Gasteiger partial charge in [0.1, 0.15) is 0 Å². The van der Waals surface area contributed by atoms with Crippen LogP contribution in [0.4, 0.5) is 0 Å². The molecule has 0 aromatic carbocycles. The topological polar surface area (TPSA) is 75.4 Å². The number of nitrogens with one attached hydrogen (secondary N) is 1. The van der Waals surface area contributed by atoms with Crippen molar-refractivity contribution in [2.75, 3.05) is 6.54 Å². The summed E-state index contributed by atoms with van der Waals surface area (Å²) in [7, 11) is 0. The standard InChI is InChI=1S/C11H22N2O2/c1-2-9(12)11(15)13-7-8-5-3-4-6-10(8)14/h8-10,14H,2-7,12H2,1H3,(H,13,15). The smallest absolute Gasteiger partial charge is 0.236 e. The molecule has 3 atom stereocenters. The van der Waals surface area contributed by atoms with E-state index in [-0.39, 0.29) is 17.9 Å². The van der Waals surface area contributed by atoms with Gasteiger partial charge in [0.25, 0.3) is 0 Å². The third-order valence-corrected chi connectivity index (χ3v) is 3.18. The van der Waals surface area contributed by atoms with Gasteiger partial charge in [-0.1, -0.05) is 19.8 Å². The molecule has 1 fully saturated rings. The first kappa shape index (κ1) is 12.5. The molecule has 0 aromatic rings. The lowest BCUT2D eigenvalue weighted by Gasteiger charge is -2.27. The third-order valence-electron chi connectivity index (χ3n) is 3.18. The van der Waals surface area contributed by atoms with Crippen LogP contribution in [0.15, 0.2) is 0 Å². The van der Waals surface area contributed by atoms with Crippen LogP contribution in [0.1, 0.15) is 39.0 Å². The molecular weight excluding hydrogens is 192 g/mol. The molecule has 0 spiro atoms. The first-order valence-corrected chi connectivity index (χ1v) is 5.86. The summed E-state index contributed by atoms with van der Waals surface area (Å²) in [6.45, 7) is 2.45. The summed E-state index contributed by atoms with van der Waals surface area (Å²) in [6, 6.07) is -0.411. The lowest BCUT2D eigenvalue weighted by molar-refractivity contribution is -0.122. The van der Waals surface area contributed by atoms with Crippen molar-refractivity contribution in [3.8, 4) is 0 Å². The predicted octanol–water partition coefficient (Wildman–Crippen LogP) is 0.391. The Morgan fingerprint density at radius 2 is 2.20 bits per heavy atom. The normalized spacial score (nSPS) is 28.5. The Kier molecular flexibility index (Phi) is 5.05. The molecule has 0 heterocycles. The summed E-state index contributed by atoms with van der Waals surface area (Å²) >= 11 is 0. The van der Waals surface area contributed by atoms with Gasteiger partial charge in [0, 0.05) is 12.5 Å². The number of rotatable bonds is 4. The Hall–Kier alpha value is -0.610. The zero-order valence-corrected chi connectivity index (χ0v) is 9.41. The SMILES string of the molecule is CCC(N)C(=O)NCC1CCCCC1O. The van der Waals surface area contributed by atoms with Crippen molar-refractivity contribution >= 4 is 5.91 Å². The van der Waals surface area contributed by atoms with Gasteiger partial charge < -0.3 is 16.2 Å². The maximum Gasteiger partial charge on any atom is 0.236 e. The molecule has 0 aromatic heterocycles. The molecule has 1 aliphatic rings. The van der Waals surface area contributed by atoms with E-state index in [4.69, 9.17) is 5.73 Å². The van der Waals surface area contributed by atoms with Crippen molar-refractivity contribution in [1.82, 2.24) is 5.32 Å². The van der Waals surface area contributed by atoms with Crippen LogP contribution in [0.2, 0.25) is 0 Å². The highest BCUT2D eigenvalue weighted by Crippen LogP contribution is 2.23. The third kappa shape index (κ3) is 3.80. The van der Waals surface area contributed by atoms with Crippen LogP contribution in [-0.4, -0.2) is 29.7 Å². The number of aliphatic hydroxyl groups is 1. The summed E-state index contributed by atoms with van der Waals surface area (Å²) in [5.74, 6) is 0.113. The number of carbonyl (C=O) groups excluding carboxylic acids is 1. The van der Waals surface area contributed by atoms with Gasteiger partial charge in [0.05, 0.1) is 12.1 Å². The molecule has 4 N–H and O–H groups in total. The number of nitrogens with two attached hydrogens (primary N) is 1. The van der Waals surface area contributed by atoms with Crippen LogP contribution < -0.4 is 11.1 Å². The maximum absolute atomic E-state index is 11.4. The molecule has 1 rings (SSSR count). The lowest BCUT2D eigenvalue weighted by Crippen LogP contribution is -2.44. The quantitative estimate of drug-likeness (QED) is 0.633. The highest BCUT2D eigenvalue weighted by molar-refractivity contribution is 5.81. The van der Waals surface area contributed by atoms with Crippen molar-refractivity contribution in [1.29, 1.82) is 0 Å². The second-order valence-electron chi connectivity index (χ2n) is 4.37. The van der Waals surface area contributed by atoms with Crippen LogP contribution in [0.3, 0.4) is 0 Å². The fourth-order valence-corrected chi connectivity index (χ4v) is 1.97. The van der Waals surface area contributed by atoms with Gasteiger partial charge in [-0.2, -0.15) is 0 Å². The van der Waals surface area contributed by atoms with Gasteiger partial charge in [-0.3, -0.25) is 4.79 Å². The number of hydrogen-bond donors (Lipinski definition) is 3. The molecule has 0 aliphatic heterocycles. The minimum absolute atomic E-state index is 0.102. The summed E-state index contributed by atoms with van der Waals surface area (Å²) < 4.78 is 0. The molecule has 0 radical (unpaired) electrons. The highest BCUT2D eigenvalue weighted by atomic mass is 16.3. The van der Waals surface area contributed by atoms with Crippen molar-refractivity contribution in [2.45, 2.75) is 51.2 Å². The molecule has 1 saturated carbocycles. The molecule has 15 heavy (non-hydrogen) atoms. The average molecular weight is 214 g/mol. The Bertz CT molecular complexity index is 209. The molecule has 0 saturated heterocycles. The molecular formula is C11H22N2O2. The minimum Gasteiger partial charge on any atom is -0.393 e. The fraction of sp³-hybridized carbons (Fsp3) is 0.909. The van der Waals surface area contributed by atoms with E-state index in [1.807, 2.05) is 6.92 Å². The van der Waals surface area contributed by atoms with E-state index < -0.39 is 6.04 Å². The van der Waals surface area contributed by atoms with Crippen molar-refractivity contribution in [3.05, 3.63) is 0 Å². The number of hydrogen-bond acceptors (Lipinski definition) is 3. The van der Waals surface area contributed by atoms with Gasteiger partial charge in [-0.15, -0.1) is 0 Å². The van der Waals surface area contributed by atoms with Gasteiger partial charge in [0.2, 0.25) is 5.91 Å². The van der Waals surface area contributed by atoms with Crippen LogP contribution in [0.25, 0.3) is 0 Å². The Balaban J connectivity index is 2.26. The van der Waals surface area contributed by atoms with Gasteiger partial charge >= 0.3 is 0 Å². The maximum atomic E-state index is 11.4. The predicted molar refractivity (Wildman–Crippen MR) is 59.2 cm³/mol. The molecule has 3 unspecified atom stereocenters. The Labute approximate surface area is 91.2 Å². The number of aliphatic hydroxyl groups excluding tert-OH is 1. The van der Waals surface area contributed by atoms with Crippen molar-refractivity contribution in [3.63, 3.8) is 0 Å². The first-order chi connectivity index (χ1) is 7.15. The van der Waals surface area contributed by atoms with Gasteiger partial charge in [0.15, 0.2) is 0 Å². The van der Waals surface area contributed by atoms with E-state index in [0.717, 1.165) is 25.7 Å². The second kappa shape index (κ2) is 6.08. The fourth-order valence-electron chi connectivity index (χ4n) is 1.97. The summed E-state index contributed by atoms with van der Waals surface area (Å²) in [5.41, 5.74) is 5.59. The van der Waals surface area contributed by atoms with Gasteiger partial charge in [-0.05, 0) is 19.3 Å². The van der Waals surface area contributed by atoms with E-state index in [1.165, 1.54) is 0 Å². The zero-order chi connectivity index (χ0) is 11.3. The van der Waals surface area contributed by atoms with Crippen LogP contribution >= 0.6 is 0 Å². The zero-order valence-electron chi connectivity index (χ0n) is 9.41. The lowest BCUT2D eigenvalue weighted by atomic mass is 9.86. The van der Waals surface area contributed by atoms with Crippen molar-refractivity contribution in [2.24, 2.45) is 11.7 Å². The monoisotopic (exact) mass is 214 g/mol. The van der Waals surface area contributed by atoms with Crippen LogP contribution in [-0.2, 0) is 4.79 Å². The van der Waals surface area contributed by atoms with E-state index in [9.17, 15) is 9.90 Å². The van der Waals surface area contributed by atoms with E-state index in [1.54, 1.807) is 0 Å². The number of amides is 1. The molecule has 4 heteroatoms. The molecule has 88 valence electrons. The van der Waals surface area contributed by atoms with E-state index in [2.05, 4.69) is 5.32 Å². The average Bonchev–Trinajstić information content (AvgIpc) is 2.26. The largest absolute Gasteiger partial charge is 0.393 e. The summed E-state index contributed by atoms with van der Waals surface area (Å²) in [4.78, 5) is 11.4. The Morgan fingerprint density at radius 3 is 2.80 bits per heavy atom. The van der Waals surface area contributed by atoms with E-state index >= 15 is 0 Å².